The highest BCUT2D eigenvalue weighted by atomic mass is 16.6. The van der Waals surface area contributed by atoms with Gasteiger partial charge in [-0.05, 0) is 86.3 Å². The van der Waals surface area contributed by atoms with Crippen molar-refractivity contribution in [3.63, 3.8) is 0 Å². The van der Waals surface area contributed by atoms with Crippen LogP contribution in [0.4, 0.5) is 22.7 Å². The van der Waals surface area contributed by atoms with Gasteiger partial charge in [0.25, 0.3) is 0 Å². The van der Waals surface area contributed by atoms with Crippen molar-refractivity contribution in [2.24, 2.45) is 0 Å². The van der Waals surface area contributed by atoms with Crippen molar-refractivity contribution >= 4 is 28.7 Å². The fraction of sp³-hybridized carbons (Fsp3) is 0.225. The maximum atomic E-state index is 13.5. The molecule has 2 aliphatic rings. The minimum Gasteiger partial charge on any atom is -0.456 e. The molecule has 0 aliphatic carbocycles. The van der Waals surface area contributed by atoms with Crippen LogP contribution in [0.15, 0.2) is 103 Å². The number of aryl methyl sites for hydroxylation is 2. The smallest absolute Gasteiger partial charge is 0.340 e. The van der Waals surface area contributed by atoms with E-state index in [0.29, 0.717) is 17.1 Å². The van der Waals surface area contributed by atoms with Crippen LogP contribution < -0.4 is 15.0 Å². The van der Waals surface area contributed by atoms with Gasteiger partial charge in [-0.15, -0.1) is 0 Å². The van der Waals surface area contributed by atoms with Gasteiger partial charge in [-0.25, -0.2) is 4.79 Å². The molecule has 1 atom stereocenters. The number of fused-ring (bicyclic) bond motifs is 6. The van der Waals surface area contributed by atoms with Crippen molar-refractivity contribution < 1.29 is 14.3 Å². The van der Waals surface area contributed by atoms with Crippen LogP contribution in [-0.2, 0) is 15.8 Å². The van der Waals surface area contributed by atoms with Crippen LogP contribution in [0, 0.1) is 13.8 Å². The number of esters is 1. The van der Waals surface area contributed by atoms with Crippen molar-refractivity contribution in [3.8, 4) is 11.5 Å². The number of carbonyl (C=O) groups excluding carboxylic acids is 1. The third-order valence-corrected chi connectivity index (χ3v) is 8.95. The second-order valence-corrected chi connectivity index (χ2v) is 13.1. The molecule has 1 unspecified atom stereocenters. The average molecular weight is 595 g/mol. The van der Waals surface area contributed by atoms with E-state index < -0.39 is 5.60 Å². The Hall–Kier alpha value is -5.03. The van der Waals surface area contributed by atoms with Gasteiger partial charge in [0.1, 0.15) is 11.5 Å². The summed E-state index contributed by atoms with van der Waals surface area (Å²) >= 11 is 0. The first-order valence-electron chi connectivity index (χ1n) is 15.6. The Balaban J connectivity index is 1.45. The Morgan fingerprint density at radius 2 is 1.38 bits per heavy atom. The predicted octanol–water partition coefficient (Wildman–Crippen LogP) is 10.1. The molecule has 0 radical (unpaired) electrons. The number of benzene rings is 5. The molecule has 5 aromatic carbocycles. The minimum absolute atomic E-state index is 0.199. The molecule has 226 valence electrons. The number of carbonyl (C=O) groups is 1. The fourth-order valence-electron chi connectivity index (χ4n) is 6.63. The van der Waals surface area contributed by atoms with E-state index in [2.05, 4.69) is 131 Å². The lowest BCUT2D eigenvalue weighted by atomic mass is 9.75. The number of ether oxygens (including phenoxy) is 2. The summed E-state index contributed by atoms with van der Waals surface area (Å²) in [5.41, 5.74) is 9.21. The lowest BCUT2D eigenvalue weighted by Gasteiger charge is -2.38. The Morgan fingerprint density at radius 1 is 0.733 bits per heavy atom. The van der Waals surface area contributed by atoms with Crippen LogP contribution >= 0.6 is 0 Å². The number of rotatable bonds is 5. The van der Waals surface area contributed by atoms with Gasteiger partial charge in [0.2, 0.25) is 0 Å². The zero-order valence-corrected chi connectivity index (χ0v) is 26.7. The Labute approximate surface area is 265 Å². The van der Waals surface area contributed by atoms with Gasteiger partial charge in [-0.3, -0.25) is 0 Å². The van der Waals surface area contributed by atoms with Crippen LogP contribution in [0.1, 0.15) is 71.4 Å². The molecule has 0 saturated carbocycles. The third-order valence-electron chi connectivity index (χ3n) is 8.95. The minimum atomic E-state index is -1.16. The van der Waals surface area contributed by atoms with Crippen LogP contribution in [0.25, 0.3) is 0 Å². The monoisotopic (exact) mass is 594 g/mol. The van der Waals surface area contributed by atoms with Gasteiger partial charge in [-0.1, -0.05) is 74.4 Å². The number of hydrogen-bond acceptors (Lipinski definition) is 5. The summed E-state index contributed by atoms with van der Waals surface area (Å²) in [6, 6.07) is 35.1. The molecule has 2 heterocycles. The number of hydrogen-bond donors (Lipinski definition) is 1. The summed E-state index contributed by atoms with van der Waals surface area (Å²) in [5, 5.41) is 3.67. The zero-order valence-electron chi connectivity index (χ0n) is 26.7. The average Bonchev–Trinajstić information content (AvgIpc) is 3.32. The van der Waals surface area contributed by atoms with E-state index in [1.165, 1.54) is 11.1 Å². The summed E-state index contributed by atoms with van der Waals surface area (Å²) in [4.78, 5) is 15.8. The van der Waals surface area contributed by atoms with Crippen molar-refractivity contribution in [2.75, 3.05) is 16.8 Å². The Bertz CT molecular complexity index is 1940. The van der Waals surface area contributed by atoms with E-state index in [4.69, 9.17) is 9.47 Å². The molecule has 5 nitrogen and oxygen atoms in total. The Kier molecular flexibility index (Phi) is 6.74. The summed E-state index contributed by atoms with van der Waals surface area (Å²) in [7, 11) is 0. The highest BCUT2D eigenvalue weighted by Gasteiger charge is 2.54. The number of nitrogens with zero attached hydrogens (tertiary/aromatic N) is 1. The van der Waals surface area contributed by atoms with E-state index in [1.54, 1.807) is 0 Å². The molecule has 2 aliphatic heterocycles. The van der Waals surface area contributed by atoms with Gasteiger partial charge in [-0.2, -0.15) is 0 Å². The van der Waals surface area contributed by atoms with E-state index in [9.17, 15) is 4.79 Å². The van der Waals surface area contributed by atoms with Gasteiger partial charge in [0, 0.05) is 52.1 Å². The van der Waals surface area contributed by atoms with E-state index in [-0.39, 0.29) is 11.4 Å². The quantitative estimate of drug-likeness (QED) is 0.205. The first kappa shape index (κ1) is 28.7. The molecule has 0 fully saturated rings. The third kappa shape index (κ3) is 4.74. The van der Waals surface area contributed by atoms with Crippen LogP contribution in [0.3, 0.4) is 0 Å². The van der Waals surface area contributed by atoms with Crippen LogP contribution in [0.2, 0.25) is 0 Å². The lowest BCUT2D eigenvalue weighted by Crippen LogP contribution is -2.33. The first-order valence-corrected chi connectivity index (χ1v) is 15.6. The van der Waals surface area contributed by atoms with Gasteiger partial charge in [0.05, 0.1) is 5.56 Å². The fourth-order valence-corrected chi connectivity index (χ4v) is 6.63. The maximum absolute atomic E-state index is 13.5. The second-order valence-electron chi connectivity index (χ2n) is 13.1. The molecule has 0 bridgehead atoms. The van der Waals surface area contributed by atoms with Crippen LogP contribution in [0.5, 0.6) is 11.5 Å². The molecule has 7 rings (SSSR count). The SMILES string of the molecule is CCN(c1ccc(C)cc1)c1ccc2c(c1)Oc1cc(C(C)(C)C)c(Nc3ccc(C)cc3)cc1C21OC(=O)c2ccccc21. The molecule has 0 saturated heterocycles. The topological polar surface area (TPSA) is 50.8 Å². The largest absolute Gasteiger partial charge is 0.456 e. The van der Waals surface area contributed by atoms with Crippen molar-refractivity contribution in [3.05, 3.63) is 142 Å². The summed E-state index contributed by atoms with van der Waals surface area (Å²) in [5.74, 6) is 1.02. The molecule has 0 aromatic heterocycles. The molecular formula is C40H38N2O3. The number of nitrogens with one attached hydrogen (secondary N) is 1. The van der Waals surface area contributed by atoms with Crippen molar-refractivity contribution in [1.82, 2.24) is 0 Å². The highest BCUT2D eigenvalue weighted by molar-refractivity contribution is 5.97. The molecular weight excluding hydrogens is 556 g/mol. The molecule has 0 amide bonds. The van der Waals surface area contributed by atoms with Crippen LogP contribution in [-0.4, -0.2) is 12.5 Å². The molecule has 1 N–H and O–H groups in total. The first-order chi connectivity index (χ1) is 21.6. The van der Waals surface area contributed by atoms with E-state index in [1.807, 2.05) is 24.3 Å². The summed E-state index contributed by atoms with van der Waals surface area (Å²) in [6.45, 7) is 13.7. The van der Waals surface area contributed by atoms with Gasteiger partial charge in [0.15, 0.2) is 5.60 Å². The maximum Gasteiger partial charge on any atom is 0.340 e. The van der Waals surface area contributed by atoms with E-state index >= 15 is 0 Å². The van der Waals surface area contributed by atoms with E-state index in [0.717, 1.165) is 51.5 Å². The highest BCUT2D eigenvalue weighted by Crippen LogP contribution is 2.58. The zero-order chi connectivity index (χ0) is 31.5. The Morgan fingerprint density at radius 3 is 2.07 bits per heavy atom. The molecule has 5 aromatic rings. The van der Waals surface area contributed by atoms with Crippen molar-refractivity contribution in [1.29, 1.82) is 0 Å². The number of anilines is 4. The standard InChI is InChI=1S/C40H38N2O3/c1-7-42(28-18-14-26(3)15-19-28)29-20-21-32-36(22-29)44-37-24-33(39(4,5)6)35(41-27-16-12-25(2)13-17-27)23-34(37)40(32)31-11-9-8-10-30(31)38(43)45-40/h8-24,41H,7H2,1-6H3. The summed E-state index contributed by atoms with van der Waals surface area (Å²) < 4.78 is 13.3. The molecule has 1 spiro atoms. The lowest BCUT2D eigenvalue weighted by molar-refractivity contribution is 0.0224. The summed E-state index contributed by atoms with van der Waals surface area (Å²) in [6.07, 6.45) is 0. The van der Waals surface area contributed by atoms with Gasteiger partial charge < -0.3 is 19.7 Å². The normalized spacial score (nSPS) is 16.4. The molecule has 45 heavy (non-hydrogen) atoms. The van der Waals surface area contributed by atoms with Gasteiger partial charge >= 0.3 is 5.97 Å². The second kappa shape index (κ2) is 10.6. The predicted molar refractivity (Wildman–Crippen MR) is 182 cm³/mol. The van der Waals surface area contributed by atoms with Crippen molar-refractivity contribution in [2.45, 2.75) is 52.6 Å². The molecule has 5 heteroatoms.